The predicted octanol–water partition coefficient (Wildman–Crippen LogP) is 4.64. The Morgan fingerprint density at radius 1 is 1.15 bits per heavy atom. The Morgan fingerprint density at radius 3 is 2.39 bits per heavy atom. The second-order valence-corrected chi connectivity index (χ2v) is 9.22. The van der Waals surface area contributed by atoms with E-state index in [0.717, 1.165) is 11.2 Å². The van der Waals surface area contributed by atoms with Gasteiger partial charge >= 0.3 is 5.97 Å². The zero-order valence-corrected chi connectivity index (χ0v) is 20.1. The molecule has 1 aromatic carbocycles. The third-order valence-electron chi connectivity index (χ3n) is 5.26. The van der Waals surface area contributed by atoms with Crippen LogP contribution in [0.2, 0.25) is 10.0 Å². The van der Waals surface area contributed by atoms with Crippen LogP contribution in [0.5, 0.6) is 11.5 Å². The van der Waals surface area contributed by atoms with Crippen LogP contribution < -0.4 is 14.2 Å². The van der Waals surface area contributed by atoms with E-state index in [4.69, 9.17) is 32.7 Å². The van der Waals surface area contributed by atoms with Gasteiger partial charge in [-0.2, -0.15) is 4.73 Å². The molecule has 2 atom stereocenters. The summed E-state index contributed by atoms with van der Waals surface area (Å²) in [4.78, 5) is 24.8. The first-order chi connectivity index (χ1) is 15.8. The number of ether oxygens (including phenoxy) is 2. The number of aliphatic carboxylic acids is 1. The summed E-state index contributed by atoms with van der Waals surface area (Å²) in [6.45, 7) is 0. The van der Waals surface area contributed by atoms with Gasteiger partial charge in [0.15, 0.2) is 23.9 Å². The summed E-state index contributed by atoms with van der Waals surface area (Å²) in [6.07, 6.45) is 3.48. The third-order valence-corrected chi connectivity index (χ3v) is 7.10. The Kier molecular flexibility index (Phi) is 8.18. The number of pyridine rings is 1. The molecule has 0 fully saturated rings. The number of halogens is 2. The zero-order chi connectivity index (χ0) is 24.1. The van der Waals surface area contributed by atoms with Gasteiger partial charge in [0.25, 0.3) is 0 Å². The molecule has 2 heterocycles. The molecule has 0 aliphatic rings. The van der Waals surface area contributed by atoms with Crippen molar-refractivity contribution in [2.24, 2.45) is 0 Å². The molecular weight excluding hydrogens is 489 g/mol. The highest BCUT2D eigenvalue weighted by Crippen LogP contribution is 2.43. The fraction of sp³-hybridized carbons (Fsp3) is 0.261. The van der Waals surface area contributed by atoms with E-state index >= 15 is 0 Å². The van der Waals surface area contributed by atoms with Gasteiger partial charge in [0.05, 0.1) is 20.1 Å². The van der Waals surface area contributed by atoms with Crippen LogP contribution >= 0.6 is 34.5 Å². The minimum absolute atomic E-state index is 0.139. The maximum Gasteiger partial charge on any atom is 0.312 e. The van der Waals surface area contributed by atoms with Gasteiger partial charge in [0.2, 0.25) is 0 Å². The Morgan fingerprint density at radius 2 is 1.82 bits per heavy atom. The summed E-state index contributed by atoms with van der Waals surface area (Å²) in [5, 5.41) is 22.2. The number of methoxy groups -OCH3 is 2. The summed E-state index contributed by atoms with van der Waals surface area (Å²) in [6, 6.07) is 8.65. The van der Waals surface area contributed by atoms with Crippen molar-refractivity contribution >= 4 is 46.8 Å². The first-order valence-electron chi connectivity index (χ1n) is 9.82. The first-order valence-corrected chi connectivity index (χ1v) is 11.4. The summed E-state index contributed by atoms with van der Waals surface area (Å²) in [5.41, 5.74) is 1.12. The fourth-order valence-electron chi connectivity index (χ4n) is 3.70. The largest absolute Gasteiger partial charge is 0.619 e. The molecule has 0 saturated heterocycles. The topological polar surface area (TPSA) is 99.8 Å². The van der Waals surface area contributed by atoms with Crippen LogP contribution in [0, 0.1) is 5.21 Å². The molecule has 33 heavy (non-hydrogen) atoms. The van der Waals surface area contributed by atoms with Crippen molar-refractivity contribution in [3.63, 3.8) is 0 Å². The predicted molar refractivity (Wildman–Crippen MR) is 126 cm³/mol. The summed E-state index contributed by atoms with van der Waals surface area (Å²) in [5.74, 6) is -1.70. The van der Waals surface area contributed by atoms with Crippen molar-refractivity contribution in [1.82, 2.24) is 0 Å². The first kappa shape index (κ1) is 24.8. The van der Waals surface area contributed by atoms with Crippen molar-refractivity contribution in [2.75, 3.05) is 14.2 Å². The molecule has 3 aromatic rings. The number of carbonyl (C=O) groups is 2. The van der Waals surface area contributed by atoms with E-state index in [1.807, 2.05) is 0 Å². The zero-order valence-electron chi connectivity index (χ0n) is 17.8. The molecule has 174 valence electrons. The average Bonchev–Trinajstić information content (AvgIpc) is 3.22. The van der Waals surface area contributed by atoms with Crippen molar-refractivity contribution in [1.29, 1.82) is 0 Å². The van der Waals surface area contributed by atoms with Gasteiger partial charge in [0, 0.05) is 27.7 Å². The number of carbonyl (C=O) groups excluding carboxylic acids is 1. The number of rotatable bonds is 10. The molecule has 0 spiro atoms. The molecule has 0 aliphatic carbocycles. The minimum atomic E-state index is -1.05. The number of hydrogen-bond acceptors (Lipinski definition) is 6. The number of benzene rings is 1. The average molecular weight is 510 g/mol. The number of thiophene rings is 1. The quantitative estimate of drug-likeness (QED) is 0.242. The molecule has 2 aromatic heterocycles. The lowest BCUT2D eigenvalue weighted by atomic mass is 9.80. The summed E-state index contributed by atoms with van der Waals surface area (Å²) in [7, 11) is 3.01. The van der Waals surface area contributed by atoms with E-state index in [0.29, 0.717) is 32.2 Å². The van der Waals surface area contributed by atoms with Gasteiger partial charge in [0.1, 0.15) is 16.3 Å². The number of aldehydes is 1. The standard InChI is InChI=1S/C23H21Cl2NO6S/c1-31-19-5-3-13(9-20(19)32-2)15(10-16-17(24)11-26(30)12-18(16)25)22(23(28)29)21-6-4-14(33-21)7-8-27/h3-6,8-9,11-12,15,22H,7,10H2,1-2H3,(H,28,29)/t15-,22?/m1/s1. The van der Waals surface area contributed by atoms with E-state index in [1.165, 1.54) is 38.0 Å². The highest BCUT2D eigenvalue weighted by molar-refractivity contribution is 7.12. The van der Waals surface area contributed by atoms with E-state index in [-0.39, 0.29) is 22.9 Å². The molecule has 0 saturated carbocycles. The maximum atomic E-state index is 12.5. The van der Waals surface area contributed by atoms with Gasteiger partial charge in [-0.05, 0) is 36.2 Å². The van der Waals surface area contributed by atoms with Gasteiger partial charge in [-0.1, -0.05) is 29.3 Å². The molecule has 7 nitrogen and oxygen atoms in total. The Bertz CT molecular complexity index is 1140. The fourth-order valence-corrected chi connectivity index (χ4v) is 5.42. The smallest absolute Gasteiger partial charge is 0.312 e. The van der Waals surface area contributed by atoms with Crippen LogP contribution in [0.15, 0.2) is 42.7 Å². The minimum Gasteiger partial charge on any atom is -0.619 e. The molecule has 10 heteroatoms. The lowest BCUT2D eigenvalue weighted by molar-refractivity contribution is -0.605. The van der Waals surface area contributed by atoms with Crippen molar-refractivity contribution in [3.05, 3.63) is 78.9 Å². The second-order valence-electron chi connectivity index (χ2n) is 7.21. The summed E-state index contributed by atoms with van der Waals surface area (Å²) >= 11 is 13.9. The molecule has 3 rings (SSSR count). The molecule has 1 unspecified atom stereocenters. The highest BCUT2D eigenvalue weighted by atomic mass is 35.5. The number of carboxylic acids is 1. The maximum absolute atomic E-state index is 12.5. The molecule has 1 N–H and O–H groups in total. The highest BCUT2D eigenvalue weighted by Gasteiger charge is 2.34. The third kappa shape index (κ3) is 5.58. The van der Waals surface area contributed by atoms with E-state index in [9.17, 15) is 19.9 Å². The van der Waals surface area contributed by atoms with E-state index in [1.54, 1.807) is 30.3 Å². The number of aromatic nitrogens is 1. The van der Waals surface area contributed by atoms with Gasteiger partial charge < -0.3 is 24.6 Å². The van der Waals surface area contributed by atoms with Crippen LogP contribution in [0.1, 0.15) is 32.7 Å². The normalized spacial score (nSPS) is 12.7. The van der Waals surface area contributed by atoms with Crippen molar-refractivity contribution < 1.29 is 28.9 Å². The van der Waals surface area contributed by atoms with Crippen LogP contribution in [0.3, 0.4) is 0 Å². The van der Waals surface area contributed by atoms with Crippen LogP contribution in [0.25, 0.3) is 0 Å². The Hall–Kier alpha value is -2.81. The summed E-state index contributed by atoms with van der Waals surface area (Å²) < 4.78 is 11.2. The molecule has 0 bridgehead atoms. The lowest BCUT2D eigenvalue weighted by Crippen LogP contribution is -2.26. The van der Waals surface area contributed by atoms with Gasteiger partial charge in [-0.25, -0.2) is 0 Å². The van der Waals surface area contributed by atoms with Crippen molar-refractivity contribution in [3.8, 4) is 11.5 Å². The van der Waals surface area contributed by atoms with Crippen molar-refractivity contribution in [2.45, 2.75) is 24.7 Å². The molecule has 0 aliphatic heterocycles. The van der Waals surface area contributed by atoms with Crippen LogP contribution in [0.4, 0.5) is 0 Å². The Labute approximate surface area is 204 Å². The Balaban J connectivity index is 2.16. The van der Waals surface area contributed by atoms with Gasteiger partial charge in [-0.15, -0.1) is 11.3 Å². The van der Waals surface area contributed by atoms with Crippen LogP contribution in [-0.2, 0) is 22.4 Å². The monoisotopic (exact) mass is 509 g/mol. The second kappa shape index (κ2) is 10.9. The van der Waals surface area contributed by atoms with E-state index in [2.05, 4.69) is 0 Å². The lowest BCUT2D eigenvalue weighted by Gasteiger charge is -2.25. The van der Waals surface area contributed by atoms with Crippen LogP contribution in [-0.4, -0.2) is 31.6 Å². The van der Waals surface area contributed by atoms with Gasteiger partial charge in [-0.3, -0.25) is 4.79 Å². The molecule has 0 radical (unpaired) electrons. The number of nitrogens with zero attached hydrogens (tertiary/aromatic N) is 1. The van der Waals surface area contributed by atoms with E-state index < -0.39 is 17.8 Å². The SMILES string of the molecule is COc1ccc([C@@H](Cc2c(Cl)c[n+]([O-])cc2Cl)C(C(=O)O)c2ccc(CC=O)s2)cc1OC. The molecular formula is C23H21Cl2NO6S. The number of hydrogen-bond donors (Lipinski definition) is 1. The number of carboxylic acid groups (broad SMARTS) is 1. The molecule has 0 amide bonds.